The van der Waals surface area contributed by atoms with E-state index in [1.807, 2.05) is 6.92 Å². The minimum atomic E-state index is -1.33. The summed E-state index contributed by atoms with van der Waals surface area (Å²) in [5, 5.41) is 14.0. The number of hydrogen-bond acceptors (Lipinski definition) is 7. The van der Waals surface area contributed by atoms with Gasteiger partial charge in [0.2, 0.25) is 6.54 Å². The molecule has 0 unspecified atom stereocenters. The predicted octanol–water partition coefficient (Wildman–Crippen LogP) is 1.08. The van der Waals surface area contributed by atoms with Crippen molar-refractivity contribution >= 4 is 17.7 Å². The zero-order chi connectivity index (χ0) is 15.8. The van der Waals surface area contributed by atoms with Gasteiger partial charge in [0, 0.05) is 10.5 Å². The van der Waals surface area contributed by atoms with Gasteiger partial charge in [0.15, 0.2) is 5.71 Å². The molecule has 0 saturated heterocycles. The second kappa shape index (κ2) is 7.73. The molecular formula is C13H14N2O6. The fourth-order valence-corrected chi connectivity index (χ4v) is 1.36. The van der Waals surface area contributed by atoms with Gasteiger partial charge in [0.1, 0.15) is 0 Å². The van der Waals surface area contributed by atoms with Gasteiger partial charge in [-0.2, -0.15) is 0 Å². The van der Waals surface area contributed by atoms with Crippen molar-refractivity contribution in [2.75, 3.05) is 13.2 Å². The van der Waals surface area contributed by atoms with E-state index in [9.17, 15) is 19.7 Å². The number of esters is 1. The van der Waals surface area contributed by atoms with E-state index in [1.165, 1.54) is 6.92 Å². The monoisotopic (exact) mass is 294 g/mol. The molecule has 0 atom stereocenters. The minimum Gasteiger partial charge on any atom is -0.458 e. The number of nitro groups is 1. The molecule has 112 valence electrons. The number of aryl methyl sites for hydroxylation is 1. The molecule has 0 bridgehead atoms. The summed E-state index contributed by atoms with van der Waals surface area (Å²) < 4.78 is 4.42. The van der Waals surface area contributed by atoms with Crippen LogP contribution in [-0.4, -0.2) is 35.7 Å². The van der Waals surface area contributed by atoms with Gasteiger partial charge in [0.25, 0.3) is 0 Å². The highest BCUT2D eigenvalue weighted by molar-refractivity contribution is 6.29. The molecule has 0 radical (unpaired) electrons. The summed E-state index contributed by atoms with van der Waals surface area (Å²) in [5.41, 5.74) is 1.31. The quantitative estimate of drug-likeness (QED) is 0.201. The lowest BCUT2D eigenvalue weighted by Crippen LogP contribution is -2.21. The van der Waals surface area contributed by atoms with Crippen LogP contribution >= 0.6 is 0 Å². The maximum absolute atomic E-state index is 11.2. The topological polar surface area (TPSA) is 108 Å². The van der Waals surface area contributed by atoms with Crippen LogP contribution in [0.2, 0.25) is 0 Å². The molecule has 0 heterocycles. The zero-order valence-electron chi connectivity index (χ0n) is 11.6. The van der Waals surface area contributed by atoms with Gasteiger partial charge in [-0.1, -0.05) is 35.0 Å². The Morgan fingerprint density at radius 2 is 1.86 bits per heavy atom. The first kappa shape index (κ1) is 16.3. The van der Waals surface area contributed by atoms with E-state index in [0.29, 0.717) is 5.56 Å². The summed E-state index contributed by atoms with van der Waals surface area (Å²) in [6.07, 6.45) is 0. The fourth-order valence-electron chi connectivity index (χ4n) is 1.36. The lowest BCUT2D eigenvalue weighted by atomic mass is 10.1. The molecule has 0 aromatic heterocycles. The highest BCUT2D eigenvalue weighted by Crippen LogP contribution is 2.06. The van der Waals surface area contributed by atoms with E-state index in [4.69, 9.17) is 0 Å². The van der Waals surface area contributed by atoms with Crippen molar-refractivity contribution in [2.24, 2.45) is 5.16 Å². The van der Waals surface area contributed by atoms with E-state index in [0.717, 1.165) is 5.56 Å². The van der Waals surface area contributed by atoms with Gasteiger partial charge in [0.05, 0.1) is 6.61 Å². The standard InChI is InChI=1S/C13H14N2O6/c1-3-20-12(16)13(17)21-14-11(8-15(18)19)10-6-4-9(2)5-7-10/h4-7H,3,8H2,1-2H3/b14-11+. The molecular weight excluding hydrogens is 280 g/mol. The predicted molar refractivity (Wildman–Crippen MR) is 72.3 cm³/mol. The van der Waals surface area contributed by atoms with Crippen LogP contribution in [-0.2, 0) is 19.2 Å². The van der Waals surface area contributed by atoms with Crippen molar-refractivity contribution in [1.82, 2.24) is 0 Å². The summed E-state index contributed by atoms with van der Waals surface area (Å²) in [6, 6.07) is 6.68. The molecule has 1 rings (SSSR count). The third-order valence-corrected chi connectivity index (χ3v) is 2.34. The smallest absolute Gasteiger partial charge is 0.443 e. The maximum Gasteiger partial charge on any atom is 0.443 e. The summed E-state index contributed by atoms with van der Waals surface area (Å²) in [5.74, 6) is -2.53. The molecule has 0 aliphatic rings. The summed E-state index contributed by atoms with van der Waals surface area (Å²) in [4.78, 5) is 36.7. The Labute approximate surface area is 120 Å². The van der Waals surface area contributed by atoms with E-state index < -0.39 is 23.4 Å². The zero-order valence-corrected chi connectivity index (χ0v) is 11.6. The van der Waals surface area contributed by atoms with Crippen molar-refractivity contribution in [3.05, 3.63) is 45.5 Å². The Morgan fingerprint density at radius 3 is 2.38 bits per heavy atom. The molecule has 1 aromatic rings. The van der Waals surface area contributed by atoms with Crippen LogP contribution < -0.4 is 0 Å². The van der Waals surface area contributed by atoms with Crippen molar-refractivity contribution in [2.45, 2.75) is 13.8 Å². The lowest BCUT2D eigenvalue weighted by Gasteiger charge is -2.03. The van der Waals surface area contributed by atoms with Crippen molar-refractivity contribution in [3.8, 4) is 0 Å². The Hall–Kier alpha value is -2.77. The number of oxime groups is 1. The molecule has 21 heavy (non-hydrogen) atoms. The van der Waals surface area contributed by atoms with Gasteiger partial charge >= 0.3 is 11.9 Å². The third-order valence-electron chi connectivity index (χ3n) is 2.34. The first-order valence-corrected chi connectivity index (χ1v) is 6.07. The normalized spacial score (nSPS) is 10.9. The number of nitrogens with zero attached hydrogens (tertiary/aromatic N) is 2. The number of carbonyl (C=O) groups excluding carboxylic acids is 2. The highest BCUT2D eigenvalue weighted by Gasteiger charge is 2.19. The third kappa shape index (κ3) is 5.39. The van der Waals surface area contributed by atoms with E-state index in [2.05, 4.69) is 14.7 Å². The first-order valence-electron chi connectivity index (χ1n) is 6.07. The molecule has 0 saturated carbocycles. The first-order chi connectivity index (χ1) is 9.93. The van der Waals surface area contributed by atoms with Gasteiger partial charge in [-0.15, -0.1) is 0 Å². The average molecular weight is 294 g/mol. The van der Waals surface area contributed by atoms with Gasteiger partial charge in [-0.3, -0.25) is 10.1 Å². The molecule has 0 aliphatic heterocycles. The Morgan fingerprint density at radius 1 is 1.24 bits per heavy atom. The van der Waals surface area contributed by atoms with E-state index in [-0.39, 0.29) is 12.3 Å². The Balaban J connectivity index is 2.89. The number of ether oxygens (including phenoxy) is 1. The maximum atomic E-state index is 11.2. The molecule has 0 amide bonds. The van der Waals surface area contributed by atoms with Crippen LogP contribution in [0, 0.1) is 17.0 Å². The van der Waals surface area contributed by atoms with Crippen molar-refractivity contribution in [3.63, 3.8) is 0 Å². The van der Waals surface area contributed by atoms with Crippen molar-refractivity contribution in [1.29, 1.82) is 0 Å². The van der Waals surface area contributed by atoms with Crippen LogP contribution in [0.15, 0.2) is 29.4 Å². The summed E-state index contributed by atoms with van der Waals surface area (Å²) >= 11 is 0. The fraction of sp³-hybridized carbons (Fsp3) is 0.308. The molecule has 0 spiro atoms. The van der Waals surface area contributed by atoms with Crippen LogP contribution in [0.3, 0.4) is 0 Å². The number of carbonyl (C=O) groups is 2. The molecule has 8 heteroatoms. The van der Waals surface area contributed by atoms with Crippen molar-refractivity contribution < 1.29 is 24.1 Å². The second-order valence-electron chi connectivity index (χ2n) is 3.99. The van der Waals surface area contributed by atoms with Crippen LogP contribution in [0.5, 0.6) is 0 Å². The molecule has 8 nitrogen and oxygen atoms in total. The lowest BCUT2D eigenvalue weighted by molar-refractivity contribution is -0.463. The largest absolute Gasteiger partial charge is 0.458 e. The van der Waals surface area contributed by atoms with Gasteiger partial charge in [-0.25, -0.2) is 9.59 Å². The SMILES string of the molecule is CCOC(=O)C(=O)O/N=C(\C[N+](=O)[O-])c1ccc(C)cc1. The highest BCUT2D eigenvalue weighted by atomic mass is 16.7. The number of hydrogen-bond donors (Lipinski definition) is 0. The van der Waals surface area contributed by atoms with Gasteiger partial charge < -0.3 is 9.57 Å². The second-order valence-corrected chi connectivity index (χ2v) is 3.99. The van der Waals surface area contributed by atoms with Crippen LogP contribution in [0.1, 0.15) is 18.1 Å². The van der Waals surface area contributed by atoms with Gasteiger partial charge in [-0.05, 0) is 13.8 Å². The summed E-state index contributed by atoms with van der Waals surface area (Å²) in [7, 11) is 0. The van der Waals surface area contributed by atoms with Crippen LogP contribution in [0.25, 0.3) is 0 Å². The van der Waals surface area contributed by atoms with Crippen LogP contribution in [0.4, 0.5) is 0 Å². The molecule has 0 aliphatic carbocycles. The molecule has 1 aromatic carbocycles. The number of benzene rings is 1. The minimum absolute atomic E-state index is 0.0113. The Kier molecular flexibility index (Phi) is 5.99. The van der Waals surface area contributed by atoms with E-state index in [1.54, 1.807) is 24.3 Å². The molecule has 0 N–H and O–H groups in total. The molecule has 0 fully saturated rings. The summed E-state index contributed by atoms with van der Waals surface area (Å²) in [6.45, 7) is 2.75. The Bertz CT molecular complexity index is 565. The number of rotatable bonds is 5. The van der Waals surface area contributed by atoms with E-state index >= 15 is 0 Å². The average Bonchev–Trinajstić information content (AvgIpc) is 2.44.